The summed E-state index contributed by atoms with van der Waals surface area (Å²) in [6, 6.07) is 7.02. The molecule has 0 unspecified atom stereocenters. The number of hydrogen-bond donors (Lipinski definition) is 0. The molecule has 2 aromatic carbocycles. The molecule has 0 radical (unpaired) electrons. The van der Waals surface area contributed by atoms with Crippen molar-refractivity contribution in [1.82, 2.24) is 9.66 Å². The predicted octanol–water partition coefficient (Wildman–Crippen LogP) is 6.31. The maximum Gasteiger partial charge on any atom is 0.347 e. The van der Waals surface area contributed by atoms with E-state index < -0.39 is 12.1 Å². The molecule has 11 heteroatoms. The van der Waals surface area contributed by atoms with Crippen LogP contribution in [0.25, 0.3) is 10.9 Å². The van der Waals surface area contributed by atoms with Gasteiger partial charge in [-0.3, -0.25) is 4.79 Å². The number of nitrogens with zero attached hydrogens (tertiary/aromatic N) is 3. The number of fused-ring (bicyclic) bond motifs is 1. The Morgan fingerprint density at radius 1 is 1.25 bits per heavy atom. The Morgan fingerprint density at radius 3 is 2.61 bits per heavy atom. The van der Waals surface area contributed by atoms with Crippen LogP contribution in [0.4, 0.5) is 0 Å². The number of carbonyl (C=O) groups is 1. The van der Waals surface area contributed by atoms with Gasteiger partial charge in [-0.1, -0.05) is 41.4 Å². The molecular formula is C25H26Br2ClN3O5. The van der Waals surface area contributed by atoms with Crippen LogP contribution in [-0.2, 0) is 9.53 Å². The summed E-state index contributed by atoms with van der Waals surface area (Å²) in [7, 11) is 1.46. The van der Waals surface area contributed by atoms with Gasteiger partial charge < -0.3 is 14.2 Å². The molecule has 3 aromatic rings. The molecule has 0 fully saturated rings. The lowest BCUT2D eigenvalue weighted by atomic mass is 10.1. The van der Waals surface area contributed by atoms with Gasteiger partial charge >= 0.3 is 5.97 Å². The van der Waals surface area contributed by atoms with E-state index in [4.69, 9.17) is 30.8 Å². The molecule has 0 saturated heterocycles. The minimum absolute atomic E-state index is 0.00963. The molecule has 3 rings (SSSR count). The summed E-state index contributed by atoms with van der Waals surface area (Å²) in [6.07, 6.45) is 1.37. The Balaban J connectivity index is 2.10. The van der Waals surface area contributed by atoms with Crippen molar-refractivity contribution < 1.29 is 19.0 Å². The fourth-order valence-corrected chi connectivity index (χ4v) is 4.35. The first-order valence-electron chi connectivity index (χ1n) is 11.3. The maximum absolute atomic E-state index is 13.4. The van der Waals surface area contributed by atoms with E-state index in [0.717, 1.165) is 10.9 Å². The lowest BCUT2D eigenvalue weighted by Gasteiger charge is -2.18. The lowest BCUT2D eigenvalue weighted by molar-refractivity contribution is -0.150. The highest BCUT2D eigenvalue weighted by Gasteiger charge is 2.23. The summed E-state index contributed by atoms with van der Waals surface area (Å²) in [6.45, 7) is 7.52. The first kappa shape index (κ1) is 28.1. The number of ether oxygens (including phenoxy) is 3. The van der Waals surface area contributed by atoms with E-state index in [2.05, 4.69) is 37.0 Å². The van der Waals surface area contributed by atoms with Crippen molar-refractivity contribution in [3.05, 3.63) is 60.0 Å². The highest BCUT2D eigenvalue weighted by atomic mass is 79.9. The average molecular weight is 644 g/mol. The highest BCUT2D eigenvalue weighted by molar-refractivity contribution is 9.10. The van der Waals surface area contributed by atoms with Crippen molar-refractivity contribution in [2.45, 2.75) is 46.1 Å². The zero-order chi connectivity index (χ0) is 26.6. The standard InChI is InChI=1S/C25H26Br2ClN3O5/c1-6-13(3)23-30-18-9-8-16(26)11-17(18)24(32)31(23)29-12-15-10-19(34-5)22(21(28)20(15)27)36-14(4)25(33)35-7-2/h8-14H,6-7H2,1-5H3/t13-,14+/m1/s1. The molecule has 192 valence electrons. The van der Waals surface area contributed by atoms with E-state index in [0.29, 0.717) is 26.8 Å². The third-order valence-electron chi connectivity index (χ3n) is 5.49. The van der Waals surface area contributed by atoms with Crippen LogP contribution in [0.2, 0.25) is 5.02 Å². The number of esters is 1. The normalized spacial score (nSPS) is 13.1. The van der Waals surface area contributed by atoms with Crippen molar-refractivity contribution in [1.29, 1.82) is 0 Å². The van der Waals surface area contributed by atoms with Gasteiger partial charge in [0.2, 0.25) is 0 Å². The third-order valence-corrected chi connectivity index (χ3v) is 7.42. The molecule has 0 aliphatic heterocycles. The summed E-state index contributed by atoms with van der Waals surface area (Å²) in [5.74, 6) is 0.481. The van der Waals surface area contributed by atoms with Crippen molar-refractivity contribution in [2.75, 3.05) is 13.7 Å². The minimum Gasteiger partial charge on any atom is -0.493 e. The number of benzene rings is 2. The van der Waals surface area contributed by atoms with Gasteiger partial charge in [0.15, 0.2) is 17.6 Å². The molecular weight excluding hydrogens is 618 g/mol. The highest BCUT2D eigenvalue weighted by Crippen LogP contribution is 2.42. The topological polar surface area (TPSA) is 92.0 Å². The molecule has 1 aromatic heterocycles. The summed E-state index contributed by atoms with van der Waals surface area (Å²) in [4.78, 5) is 30.1. The van der Waals surface area contributed by atoms with E-state index in [1.165, 1.54) is 18.0 Å². The molecule has 0 N–H and O–H groups in total. The molecule has 0 saturated carbocycles. The first-order valence-corrected chi connectivity index (χ1v) is 13.2. The minimum atomic E-state index is -0.901. The zero-order valence-corrected chi connectivity index (χ0v) is 24.4. The fourth-order valence-electron chi connectivity index (χ4n) is 3.34. The average Bonchev–Trinajstić information content (AvgIpc) is 2.86. The van der Waals surface area contributed by atoms with E-state index in [1.54, 1.807) is 32.0 Å². The number of methoxy groups -OCH3 is 1. The van der Waals surface area contributed by atoms with Crippen LogP contribution in [-0.4, -0.2) is 41.7 Å². The van der Waals surface area contributed by atoms with Crippen LogP contribution in [0.1, 0.15) is 51.4 Å². The second-order valence-corrected chi connectivity index (χ2v) is 10.0. The third kappa shape index (κ3) is 5.92. The van der Waals surface area contributed by atoms with E-state index in [1.807, 2.05) is 19.9 Å². The Labute approximate surface area is 230 Å². The Hall–Kier alpha value is -2.43. The summed E-state index contributed by atoms with van der Waals surface area (Å²) in [5.41, 5.74) is 0.850. The van der Waals surface area contributed by atoms with Crippen LogP contribution in [0, 0.1) is 0 Å². The van der Waals surface area contributed by atoms with Gasteiger partial charge in [0.25, 0.3) is 5.56 Å². The predicted molar refractivity (Wildman–Crippen MR) is 148 cm³/mol. The largest absolute Gasteiger partial charge is 0.493 e. The number of aromatic nitrogens is 2. The summed E-state index contributed by atoms with van der Waals surface area (Å²) in [5, 5.41) is 5.11. The Bertz CT molecular complexity index is 1380. The van der Waals surface area contributed by atoms with Gasteiger partial charge in [-0.15, -0.1) is 0 Å². The monoisotopic (exact) mass is 641 g/mol. The number of carbonyl (C=O) groups excluding carboxylic acids is 1. The lowest BCUT2D eigenvalue weighted by Crippen LogP contribution is -2.26. The summed E-state index contributed by atoms with van der Waals surface area (Å²) >= 11 is 13.5. The second-order valence-electron chi connectivity index (χ2n) is 7.94. The van der Waals surface area contributed by atoms with Gasteiger partial charge in [0.1, 0.15) is 10.8 Å². The van der Waals surface area contributed by atoms with Crippen molar-refractivity contribution >= 4 is 66.5 Å². The van der Waals surface area contributed by atoms with E-state index in [9.17, 15) is 9.59 Å². The quantitative estimate of drug-likeness (QED) is 0.201. The smallest absolute Gasteiger partial charge is 0.347 e. The molecule has 0 spiro atoms. The van der Waals surface area contributed by atoms with Gasteiger partial charge in [0.05, 0.1) is 30.8 Å². The molecule has 0 aliphatic carbocycles. The SMILES string of the molecule is CCOC(=O)[C@H](C)Oc1c(OC)cc(C=Nn2c([C@H](C)CC)nc3ccc(Br)cc3c2=O)c(Br)c1Cl. The Morgan fingerprint density at radius 2 is 1.97 bits per heavy atom. The molecule has 8 nitrogen and oxygen atoms in total. The van der Waals surface area contributed by atoms with Crippen LogP contribution in [0.15, 0.2) is 43.1 Å². The maximum atomic E-state index is 13.4. The number of hydrogen-bond acceptors (Lipinski definition) is 7. The number of rotatable bonds is 9. The van der Waals surface area contributed by atoms with Gasteiger partial charge in [0, 0.05) is 20.4 Å². The van der Waals surface area contributed by atoms with E-state index in [-0.39, 0.29) is 34.6 Å². The second kappa shape index (κ2) is 12.2. The molecule has 2 atom stereocenters. The van der Waals surface area contributed by atoms with Crippen LogP contribution in [0.3, 0.4) is 0 Å². The van der Waals surface area contributed by atoms with Gasteiger partial charge in [-0.25, -0.2) is 9.78 Å². The number of halogens is 3. The zero-order valence-electron chi connectivity index (χ0n) is 20.5. The van der Waals surface area contributed by atoms with Crippen molar-refractivity contribution in [3.63, 3.8) is 0 Å². The molecule has 0 amide bonds. The Kier molecular flexibility index (Phi) is 9.54. The molecule has 1 heterocycles. The van der Waals surface area contributed by atoms with Crippen molar-refractivity contribution in [3.8, 4) is 11.5 Å². The van der Waals surface area contributed by atoms with Crippen LogP contribution >= 0.6 is 43.5 Å². The first-order chi connectivity index (χ1) is 17.1. The fraction of sp³-hybridized carbons (Fsp3) is 0.360. The summed E-state index contributed by atoms with van der Waals surface area (Å²) < 4.78 is 18.7. The van der Waals surface area contributed by atoms with Crippen LogP contribution < -0.4 is 15.0 Å². The van der Waals surface area contributed by atoms with Gasteiger partial charge in [-0.05, 0) is 60.5 Å². The molecule has 0 aliphatic rings. The van der Waals surface area contributed by atoms with Gasteiger partial charge in [-0.2, -0.15) is 9.78 Å². The van der Waals surface area contributed by atoms with Crippen molar-refractivity contribution in [2.24, 2.45) is 5.10 Å². The van der Waals surface area contributed by atoms with Crippen LogP contribution in [0.5, 0.6) is 11.5 Å². The van der Waals surface area contributed by atoms with E-state index >= 15 is 0 Å². The molecule has 36 heavy (non-hydrogen) atoms. The molecule has 0 bridgehead atoms.